The molecule has 1 aromatic heterocycles. The lowest BCUT2D eigenvalue weighted by atomic mass is 10.0. The SMILES string of the molecule is O=C(OC[C@H]1O[C@@](COC(=O)c2ccccc2)(n2ccc(=O)[nH]c2=O)[C@H](O)[C@@H]1O)c1ccccc1. The third kappa shape index (κ3) is 4.92. The third-order valence-corrected chi connectivity index (χ3v) is 5.56. The van der Waals surface area contributed by atoms with Gasteiger partial charge in [-0.25, -0.2) is 14.4 Å². The van der Waals surface area contributed by atoms with Gasteiger partial charge in [0.15, 0.2) is 0 Å². The molecule has 3 N–H and O–H groups in total. The molecule has 0 amide bonds. The summed E-state index contributed by atoms with van der Waals surface area (Å²) in [4.78, 5) is 51.0. The van der Waals surface area contributed by atoms with Crippen molar-refractivity contribution in [1.82, 2.24) is 9.55 Å². The van der Waals surface area contributed by atoms with Crippen LogP contribution in [0, 0.1) is 0 Å². The molecule has 0 spiro atoms. The lowest BCUT2D eigenvalue weighted by Gasteiger charge is -2.33. The van der Waals surface area contributed by atoms with Gasteiger partial charge in [0.05, 0.1) is 11.1 Å². The van der Waals surface area contributed by atoms with Gasteiger partial charge in [-0.1, -0.05) is 36.4 Å². The molecule has 4 atom stereocenters. The summed E-state index contributed by atoms with van der Waals surface area (Å²) in [6, 6.07) is 17.1. The number of aromatic nitrogens is 2. The number of aromatic amines is 1. The van der Waals surface area contributed by atoms with Crippen molar-refractivity contribution in [1.29, 1.82) is 0 Å². The van der Waals surface area contributed by atoms with Crippen molar-refractivity contribution < 1.29 is 34.0 Å². The molecule has 0 radical (unpaired) electrons. The number of benzene rings is 2. The monoisotopic (exact) mass is 482 g/mol. The number of carbonyl (C=O) groups is 2. The standard InChI is InChI=1S/C24H22N2O9/c27-18-11-12-26(23(32)25-18)24(14-34-22(31)16-9-5-2-6-10-16)20(29)19(28)17(35-24)13-33-21(30)15-7-3-1-4-8-15/h1-12,17,19-20,28-29H,13-14H2,(H,25,27,32)/t17-,19-,20-,24-/m1/s1. The van der Waals surface area contributed by atoms with E-state index in [2.05, 4.69) is 0 Å². The first-order valence-electron chi connectivity index (χ1n) is 10.6. The molecule has 2 heterocycles. The first kappa shape index (κ1) is 24.1. The van der Waals surface area contributed by atoms with Crippen molar-refractivity contribution in [2.75, 3.05) is 13.2 Å². The summed E-state index contributed by atoms with van der Waals surface area (Å²) in [5, 5.41) is 21.6. The van der Waals surface area contributed by atoms with Crippen molar-refractivity contribution in [3.8, 4) is 0 Å². The largest absolute Gasteiger partial charge is 0.459 e. The van der Waals surface area contributed by atoms with E-state index in [0.717, 1.165) is 16.8 Å². The van der Waals surface area contributed by atoms with E-state index in [4.69, 9.17) is 14.2 Å². The molecule has 11 heteroatoms. The Labute approximate surface area is 198 Å². The normalized spacial score (nSPS) is 23.5. The van der Waals surface area contributed by atoms with Crippen molar-refractivity contribution in [3.63, 3.8) is 0 Å². The molecule has 182 valence electrons. The fourth-order valence-corrected chi connectivity index (χ4v) is 3.75. The van der Waals surface area contributed by atoms with Crippen LogP contribution in [-0.4, -0.2) is 63.2 Å². The fraction of sp³-hybridized carbons (Fsp3) is 0.250. The fourth-order valence-electron chi connectivity index (χ4n) is 3.75. The number of aliphatic hydroxyl groups excluding tert-OH is 2. The van der Waals surface area contributed by atoms with Crippen LogP contribution in [0.2, 0.25) is 0 Å². The predicted octanol–water partition coefficient (Wildman–Crippen LogP) is 0.0240. The number of carbonyl (C=O) groups excluding carboxylic acids is 2. The van der Waals surface area contributed by atoms with Crippen molar-refractivity contribution in [2.45, 2.75) is 24.0 Å². The van der Waals surface area contributed by atoms with E-state index in [1.165, 1.54) is 24.3 Å². The Balaban J connectivity index is 1.59. The maximum atomic E-state index is 12.6. The minimum atomic E-state index is -2.12. The van der Waals surface area contributed by atoms with E-state index in [-0.39, 0.29) is 11.1 Å². The number of aliphatic hydroxyl groups is 2. The van der Waals surface area contributed by atoms with Gasteiger partial charge in [-0.3, -0.25) is 14.3 Å². The third-order valence-electron chi connectivity index (χ3n) is 5.56. The molecule has 35 heavy (non-hydrogen) atoms. The van der Waals surface area contributed by atoms with Crippen LogP contribution in [0.5, 0.6) is 0 Å². The quantitative estimate of drug-likeness (QED) is 0.395. The molecule has 1 aliphatic rings. The molecule has 1 fully saturated rings. The molecular formula is C24H22N2O9. The molecule has 1 aliphatic heterocycles. The Kier molecular flexibility index (Phi) is 6.92. The van der Waals surface area contributed by atoms with E-state index >= 15 is 0 Å². The number of nitrogens with one attached hydrogen (secondary N) is 1. The van der Waals surface area contributed by atoms with Gasteiger partial charge < -0.3 is 24.4 Å². The highest BCUT2D eigenvalue weighted by molar-refractivity contribution is 5.89. The van der Waals surface area contributed by atoms with Gasteiger partial charge in [-0.05, 0) is 24.3 Å². The molecule has 0 bridgehead atoms. The van der Waals surface area contributed by atoms with Crippen molar-refractivity contribution in [3.05, 3.63) is 105 Å². The van der Waals surface area contributed by atoms with Crippen LogP contribution < -0.4 is 11.2 Å². The molecule has 1 saturated heterocycles. The summed E-state index contributed by atoms with van der Waals surface area (Å²) in [6.45, 7) is -1.17. The number of H-pyrrole nitrogens is 1. The molecule has 11 nitrogen and oxygen atoms in total. The maximum Gasteiger partial charge on any atom is 0.338 e. The van der Waals surface area contributed by atoms with Crippen molar-refractivity contribution in [2.24, 2.45) is 0 Å². The Morgan fingerprint density at radius 3 is 2.06 bits per heavy atom. The lowest BCUT2D eigenvalue weighted by Crippen LogP contribution is -2.54. The molecule has 4 rings (SSSR count). The molecule has 3 aromatic rings. The predicted molar refractivity (Wildman–Crippen MR) is 120 cm³/mol. The molecule has 0 unspecified atom stereocenters. The summed E-state index contributed by atoms with van der Waals surface area (Å²) in [5.41, 5.74) is -3.32. The first-order valence-corrected chi connectivity index (χ1v) is 10.6. The summed E-state index contributed by atoms with van der Waals surface area (Å²) < 4.78 is 17.2. The highest BCUT2D eigenvalue weighted by atomic mass is 16.6. The van der Waals surface area contributed by atoms with Crippen LogP contribution >= 0.6 is 0 Å². The highest BCUT2D eigenvalue weighted by Gasteiger charge is 2.57. The van der Waals surface area contributed by atoms with Crippen molar-refractivity contribution >= 4 is 11.9 Å². The first-order chi connectivity index (χ1) is 16.8. The smallest absolute Gasteiger partial charge is 0.338 e. The van der Waals surface area contributed by atoms with E-state index < -0.39 is 60.4 Å². The average molecular weight is 482 g/mol. The minimum absolute atomic E-state index is 0.206. The van der Waals surface area contributed by atoms with Gasteiger partial charge in [0.2, 0.25) is 5.72 Å². The number of hydrogen-bond donors (Lipinski definition) is 3. The van der Waals surface area contributed by atoms with Crippen LogP contribution in [0.3, 0.4) is 0 Å². The summed E-state index contributed by atoms with van der Waals surface area (Å²) in [5.74, 6) is -1.46. The van der Waals surface area contributed by atoms with E-state index in [0.29, 0.717) is 0 Å². The van der Waals surface area contributed by atoms with E-state index in [1.807, 2.05) is 4.98 Å². The van der Waals surface area contributed by atoms with E-state index in [9.17, 15) is 29.4 Å². The van der Waals surface area contributed by atoms with Gasteiger partial charge in [0.25, 0.3) is 5.56 Å². The minimum Gasteiger partial charge on any atom is -0.459 e. The van der Waals surface area contributed by atoms with Crippen LogP contribution in [0.4, 0.5) is 0 Å². The molecular weight excluding hydrogens is 460 g/mol. The molecule has 2 aromatic carbocycles. The zero-order valence-corrected chi connectivity index (χ0v) is 18.3. The number of rotatable bonds is 7. The number of nitrogens with zero attached hydrogens (tertiary/aromatic N) is 1. The van der Waals surface area contributed by atoms with Crippen LogP contribution in [-0.2, 0) is 19.9 Å². The van der Waals surface area contributed by atoms with Gasteiger partial charge in [-0.15, -0.1) is 0 Å². The van der Waals surface area contributed by atoms with Gasteiger partial charge in [0.1, 0.15) is 31.5 Å². The number of ether oxygens (including phenoxy) is 3. The topological polar surface area (TPSA) is 157 Å². The molecule has 0 aliphatic carbocycles. The summed E-state index contributed by atoms with van der Waals surface area (Å²) in [6.07, 6.45) is -3.67. The van der Waals surface area contributed by atoms with Gasteiger partial charge >= 0.3 is 17.6 Å². The van der Waals surface area contributed by atoms with Crippen LogP contribution in [0.25, 0.3) is 0 Å². The lowest BCUT2D eigenvalue weighted by molar-refractivity contribution is -0.175. The van der Waals surface area contributed by atoms with Gasteiger partial charge in [0, 0.05) is 12.3 Å². The van der Waals surface area contributed by atoms with E-state index in [1.54, 1.807) is 36.4 Å². The Morgan fingerprint density at radius 1 is 0.914 bits per heavy atom. The van der Waals surface area contributed by atoms with Crippen LogP contribution in [0.1, 0.15) is 20.7 Å². The Hall–Kier alpha value is -4.06. The summed E-state index contributed by atoms with van der Waals surface area (Å²) in [7, 11) is 0. The van der Waals surface area contributed by atoms with Crippen LogP contribution in [0.15, 0.2) is 82.5 Å². The zero-order valence-electron chi connectivity index (χ0n) is 18.3. The second-order valence-electron chi connectivity index (χ2n) is 7.82. The summed E-state index contributed by atoms with van der Waals surface area (Å²) >= 11 is 0. The zero-order chi connectivity index (χ0) is 25.0. The second-order valence-corrected chi connectivity index (χ2v) is 7.82. The number of esters is 2. The maximum absolute atomic E-state index is 12.6. The van der Waals surface area contributed by atoms with Gasteiger partial charge in [-0.2, -0.15) is 0 Å². The second kappa shape index (κ2) is 10.1. The average Bonchev–Trinajstić information content (AvgIpc) is 3.12. The highest BCUT2D eigenvalue weighted by Crippen LogP contribution is 2.35. The Morgan fingerprint density at radius 2 is 1.49 bits per heavy atom. The number of hydrogen-bond acceptors (Lipinski definition) is 9. The molecule has 0 saturated carbocycles. The Bertz CT molecular complexity index is 1310.